The highest BCUT2D eigenvalue weighted by Crippen LogP contribution is 2.35. The van der Waals surface area contributed by atoms with Crippen LogP contribution in [0.25, 0.3) is 0 Å². The average molecular weight is 142 g/mol. The maximum atomic E-state index is 10.7. The largest absolute Gasteiger partial charge is 0.306 e. The normalized spacial score (nSPS) is 18.7. The first kappa shape index (κ1) is 7.48. The van der Waals surface area contributed by atoms with Crippen LogP contribution in [0.15, 0.2) is 0 Å². The molecule has 4 heteroatoms. The fraction of sp³-hybridized carbons (Fsp3) is 1.00. The molecule has 0 aromatic carbocycles. The van der Waals surface area contributed by atoms with E-state index in [0.717, 1.165) is 0 Å². The topological polar surface area (TPSA) is 29.1 Å². The van der Waals surface area contributed by atoms with Crippen molar-refractivity contribution < 1.29 is 4.57 Å². The van der Waals surface area contributed by atoms with Crippen molar-refractivity contribution in [2.24, 2.45) is 0 Å². The fourth-order valence-electron chi connectivity index (χ4n) is 0.0598. The SMILES string of the molecule is CCP(C)(=O)NCl. The molecule has 7 heavy (non-hydrogen) atoms. The van der Waals surface area contributed by atoms with Crippen molar-refractivity contribution >= 4 is 19.1 Å². The van der Waals surface area contributed by atoms with E-state index in [9.17, 15) is 4.57 Å². The molecule has 0 aliphatic rings. The van der Waals surface area contributed by atoms with E-state index >= 15 is 0 Å². The van der Waals surface area contributed by atoms with Crippen molar-refractivity contribution in [3.63, 3.8) is 0 Å². The van der Waals surface area contributed by atoms with E-state index in [0.29, 0.717) is 6.16 Å². The molecule has 0 aromatic heterocycles. The van der Waals surface area contributed by atoms with Crippen molar-refractivity contribution in [2.45, 2.75) is 6.92 Å². The Bertz CT molecular complexity index is 86.9. The molecular formula is C3H9ClNOP. The van der Waals surface area contributed by atoms with Crippen LogP contribution in [0, 0.1) is 0 Å². The highest BCUT2D eigenvalue weighted by atomic mass is 35.5. The van der Waals surface area contributed by atoms with Gasteiger partial charge in [-0.05, 0) is 11.8 Å². The lowest BCUT2D eigenvalue weighted by Gasteiger charge is -2.02. The molecule has 0 aliphatic carbocycles. The van der Waals surface area contributed by atoms with Crippen LogP contribution in [-0.2, 0) is 4.57 Å². The first-order chi connectivity index (χ1) is 3.12. The van der Waals surface area contributed by atoms with E-state index in [1.807, 2.05) is 6.92 Å². The van der Waals surface area contributed by atoms with E-state index in [2.05, 4.69) is 4.61 Å². The van der Waals surface area contributed by atoms with E-state index < -0.39 is 7.29 Å². The van der Waals surface area contributed by atoms with E-state index in [-0.39, 0.29) is 0 Å². The first-order valence-corrected chi connectivity index (χ1v) is 4.78. The highest BCUT2D eigenvalue weighted by Gasteiger charge is 2.06. The third-order valence-electron chi connectivity index (χ3n) is 0.782. The van der Waals surface area contributed by atoms with Gasteiger partial charge in [0.1, 0.15) is 0 Å². The quantitative estimate of drug-likeness (QED) is 0.468. The molecule has 0 bridgehead atoms. The van der Waals surface area contributed by atoms with Gasteiger partial charge in [-0.25, -0.2) is 0 Å². The molecule has 1 atom stereocenters. The summed E-state index contributed by atoms with van der Waals surface area (Å²) >= 11 is 5.08. The van der Waals surface area contributed by atoms with Crippen LogP contribution in [0.1, 0.15) is 6.92 Å². The average Bonchev–Trinajstić information content (AvgIpc) is 1.68. The monoisotopic (exact) mass is 141 g/mol. The Morgan fingerprint density at radius 3 is 2.29 bits per heavy atom. The zero-order valence-electron chi connectivity index (χ0n) is 4.44. The molecule has 0 heterocycles. The molecule has 44 valence electrons. The number of nitrogens with one attached hydrogen (secondary N) is 1. The van der Waals surface area contributed by atoms with E-state index in [1.165, 1.54) is 0 Å². The Balaban J connectivity index is 3.61. The third kappa shape index (κ3) is 3.10. The van der Waals surface area contributed by atoms with Gasteiger partial charge in [0.15, 0.2) is 7.29 Å². The Morgan fingerprint density at radius 2 is 2.29 bits per heavy atom. The number of hydrogen-bond acceptors (Lipinski definition) is 1. The molecular weight excluding hydrogens is 132 g/mol. The van der Waals surface area contributed by atoms with Crippen molar-refractivity contribution in [1.29, 1.82) is 0 Å². The number of halogens is 1. The molecule has 0 saturated carbocycles. The molecule has 0 fully saturated rings. The van der Waals surface area contributed by atoms with Crippen LogP contribution in [0.2, 0.25) is 0 Å². The molecule has 0 saturated heterocycles. The second-order valence-electron chi connectivity index (χ2n) is 1.50. The first-order valence-electron chi connectivity index (χ1n) is 2.07. The van der Waals surface area contributed by atoms with Gasteiger partial charge in [-0.15, -0.1) is 0 Å². The minimum atomic E-state index is -2.14. The molecule has 1 N–H and O–H groups in total. The fourth-order valence-corrected chi connectivity index (χ4v) is 0.538. The zero-order chi connectivity index (χ0) is 5.91. The van der Waals surface area contributed by atoms with Crippen LogP contribution < -0.4 is 4.61 Å². The smallest absolute Gasteiger partial charge is 0.157 e. The molecule has 0 aromatic rings. The summed E-state index contributed by atoms with van der Waals surface area (Å²) in [5.41, 5.74) is 0. The van der Waals surface area contributed by atoms with Gasteiger partial charge in [0, 0.05) is 12.8 Å². The Hall–Kier alpha value is 0.480. The maximum absolute atomic E-state index is 10.7. The summed E-state index contributed by atoms with van der Waals surface area (Å²) in [6.45, 7) is 3.44. The molecule has 0 aliphatic heterocycles. The lowest BCUT2D eigenvalue weighted by molar-refractivity contribution is 0.577. The summed E-state index contributed by atoms with van der Waals surface area (Å²) < 4.78 is 12.9. The van der Waals surface area contributed by atoms with Crippen LogP contribution in [0.5, 0.6) is 0 Å². The summed E-state index contributed by atoms with van der Waals surface area (Å²) in [6, 6.07) is 0. The van der Waals surface area contributed by atoms with Crippen LogP contribution >= 0.6 is 19.1 Å². The van der Waals surface area contributed by atoms with Gasteiger partial charge >= 0.3 is 0 Å². The van der Waals surface area contributed by atoms with Crippen LogP contribution in [0.4, 0.5) is 0 Å². The van der Waals surface area contributed by atoms with Gasteiger partial charge in [-0.3, -0.25) is 0 Å². The van der Waals surface area contributed by atoms with Crippen molar-refractivity contribution in [2.75, 3.05) is 12.8 Å². The lowest BCUT2D eigenvalue weighted by atomic mass is 11.0. The number of rotatable bonds is 2. The van der Waals surface area contributed by atoms with Gasteiger partial charge in [0.05, 0.1) is 0 Å². The minimum Gasteiger partial charge on any atom is -0.306 e. The lowest BCUT2D eigenvalue weighted by Crippen LogP contribution is -1.94. The van der Waals surface area contributed by atoms with Gasteiger partial charge in [-0.2, -0.15) is 4.61 Å². The molecule has 0 spiro atoms. The summed E-state index contributed by atoms with van der Waals surface area (Å²) in [5.74, 6) is 0. The molecule has 0 rings (SSSR count). The van der Waals surface area contributed by atoms with E-state index in [4.69, 9.17) is 11.8 Å². The second-order valence-corrected chi connectivity index (χ2v) is 5.01. The predicted octanol–water partition coefficient (Wildman–Crippen LogP) is 1.66. The van der Waals surface area contributed by atoms with Gasteiger partial charge in [0.2, 0.25) is 0 Å². The Kier molecular flexibility index (Phi) is 2.89. The molecule has 2 nitrogen and oxygen atoms in total. The Morgan fingerprint density at radius 1 is 1.86 bits per heavy atom. The summed E-state index contributed by atoms with van der Waals surface area (Å²) in [4.78, 5) is 0. The van der Waals surface area contributed by atoms with Gasteiger partial charge < -0.3 is 4.57 Å². The standard InChI is InChI=1S/C3H9ClNOP/c1-3-7(2,6)5-4/h3H2,1-2H3,(H,5,6). The summed E-state index contributed by atoms with van der Waals surface area (Å²) in [7, 11) is -2.14. The molecule has 0 amide bonds. The molecule has 0 radical (unpaired) electrons. The van der Waals surface area contributed by atoms with Gasteiger partial charge in [-0.1, -0.05) is 6.92 Å². The predicted molar refractivity (Wildman–Crippen MR) is 33.1 cm³/mol. The van der Waals surface area contributed by atoms with Gasteiger partial charge in [0.25, 0.3) is 0 Å². The minimum absolute atomic E-state index is 0.608. The highest BCUT2D eigenvalue weighted by molar-refractivity contribution is 7.62. The second kappa shape index (κ2) is 2.71. The van der Waals surface area contributed by atoms with E-state index in [1.54, 1.807) is 6.66 Å². The molecule has 1 unspecified atom stereocenters. The Labute approximate surface area is 48.8 Å². The van der Waals surface area contributed by atoms with Crippen LogP contribution in [0.3, 0.4) is 0 Å². The number of hydrogen-bond donors (Lipinski definition) is 1. The maximum Gasteiger partial charge on any atom is 0.157 e. The zero-order valence-corrected chi connectivity index (χ0v) is 6.09. The third-order valence-corrected chi connectivity index (χ3v) is 3.42. The van der Waals surface area contributed by atoms with Crippen molar-refractivity contribution in [3.8, 4) is 0 Å². The van der Waals surface area contributed by atoms with Crippen molar-refractivity contribution in [1.82, 2.24) is 4.61 Å². The van der Waals surface area contributed by atoms with Crippen molar-refractivity contribution in [3.05, 3.63) is 0 Å². The van der Waals surface area contributed by atoms with Crippen LogP contribution in [-0.4, -0.2) is 12.8 Å². The summed E-state index contributed by atoms with van der Waals surface area (Å²) in [6.07, 6.45) is 0.608. The summed E-state index contributed by atoms with van der Waals surface area (Å²) in [5, 5.41) is 0.